The van der Waals surface area contributed by atoms with E-state index in [-0.39, 0.29) is 13.1 Å². The van der Waals surface area contributed by atoms with Crippen LogP contribution in [-0.4, -0.2) is 53.9 Å². The van der Waals surface area contributed by atoms with Crippen LogP contribution in [0.15, 0.2) is 59.9 Å². The van der Waals surface area contributed by atoms with Crippen LogP contribution < -0.4 is 10.2 Å². The van der Waals surface area contributed by atoms with Crippen LogP contribution in [0, 0.1) is 11.6 Å². The number of rotatable bonds is 5. The van der Waals surface area contributed by atoms with Gasteiger partial charge in [0.05, 0.1) is 0 Å². The Morgan fingerprint density at radius 3 is 2.43 bits per heavy atom. The summed E-state index contributed by atoms with van der Waals surface area (Å²) in [5.41, 5.74) is 0. The average molecular weight is 432 g/mol. The third kappa shape index (κ3) is 4.21. The van der Waals surface area contributed by atoms with E-state index in [1.807, 2.05) is 11.0 Å². The van der Waals surface area contributed by atoms with Crippen LogP contribution in [0.1, 0.15) is 0 Å². The van der Waals surface area contributed by atoms with E-state index < -0.39 is 26.6 Å². The SMILES string of the molecule is O=S(=O)(c1cc(F)ccc1F)N1CCN(c2cc(Nc3ccccn3)ncn2)CC1. The summed E-state index contributed by atoms with van der Waals surface area (Å²) in [6.07, 6.45) is 3.07. The van der Waals surface area contributed by atoms with Crippen LogP contribution in [0.25, 0.3) is 0 Å². The van der Waals surface area contributed by atoms with E-state index in [1.165, 1.54) is 6.33 Å². The molecular formula is C19H18F2N6O2S. The number of hydrogen-bond donors (Lipinski definition) is 1. The molecule has 4 rings (SSSR count). The standard InChI is InChI=1S/C19H18F2N6O2S/c20-14-4-5-15(21)16(11-14)30(28,29)27-9-7-26(8-10-27)19-12-18(23-13-24-19)25-17-3-1-2-6-22-17/h1-6,11-13H,7-10H2,(H,22,23,24,25). The topological polar surface area (TPSA) is 91.3 Å². The van der Waals surface area contributed by atoms with Crippen molar-refractivity contribution in [1.29, 1.82) is 0 Å². The summed E-state index contributed by atoms with van der Waals surface area (Å²) in [5, 5.41) is 3.08. The molecule has 3 heterocycles. The van der Waals surface area contributed by atoms with Crippen LogP contribution in [0.2, 0.25) is 0 Å². The molecule has 0 aliphatic carbocycles. The molecule has 1 aromatic carbocycles. The minimum Gasteiger partial charge on any atom is -0.354 e. The van der Waals surface area contributed by atoms with Crippen LogP contribution in [0.5, 0.6) is 0 Å². The number of nitrogens with one attached hydrogen (secondary N) is 1. The fourth-order valence-electron chi connectivity index (χ4n) is 3.13. The largest absolute Gasteiger partial charge is 0.354 e. The van der Waals surface area contributed by atoms with Gasteiger partial charge in [-0.05, 0) is 30.3 Å². The molecule has 30 heavy (non-hydrogen) atoms. The lowest BCUT2D eigenvalue weighted by Gasteiger charge is -2.34. The number of benzene rings is 1. The van der Waals surface area contributed by atoms with Gasteiger partial charge in [-0.2, -0.15) is 4.31 Å². The minimum absolute atomic E-state index is 0.116. The zero-order valence-corrected chi connectivity index (χ0v) is 16.6. The molecule has 0 saturated carbocycles. The highest BCUT2D eigenvalue weighted by Crippen LogP contribution is 2.24. The summed E-state index contributed by atoms with van der Waals surface area (Å²) < 4.78 is 54.0. The third-order valence-electron chi connectivity index (χ3n) is 4.65. The highest BCUT2D eigenvalue weighted by Gasteiger charge is 2.31. The van der Waals surface area contributed by atoms with Crippen molar-refractivity contribution < 1.29 is 17.2 Å². The molecule has 156 valence electrons. The predicted molar refractivity (Wildman–Crippen MR) is 107 cm³/mol. The van der Waals surface area contributed by atoms with Gasteiger partial charge in [0.15, 0.2) is 0 Å². The number of pyridine rings is 1. The molecule has 11 heteroatoms. The highest BCUT2D eigenvalue weighted by molar-refractivity contribution is 7.89. The van der Waals surface area contributed by atoms with Gasteiger partial charge in [-0.3, -0.25) is 0 Å². The Balaban J connectivity index is 1.46. The van der Waals surface area contributed by atoms with Gasteiger partial charge in [0.2, 0.25) is 10.0 Å². The van der Waals surface area contributed by atoms with E-state index in [0.717, 1.165) is 16.4 Å². The Hall–Kier alpha value is -3.18. The molecule has 1 aliphatic heterocycles. The first-order valence-corrected chi connectivity index (χ1v) is 10.6. The fourth-order valence-corrected chi connectivity index (χ4v) is 4.63. The molecule has 0 spiro atoms. The summed E-state index contributed by atoms with van der Waals surface area (Å²) in [6, 6.07) is 9.60. The molecule has 0 atom stereocenters. The zero-order chi connectivity index (χ0) is 21.1. The van der Waals surface area contributed by atoms with E-state index in [1.54, 1.807) is 24.4 Å². The molecule has 0 unspecified atom stereocenters. The third-order valence-corrected chi connectivity index (χ3v) is 6.56. The smallest absolute Gasteiger partial charge is 0.246 e. The maximum absolute atomic E-state index is 14.0. The molecule has 1 N–H and O–H groups in total. The Labute approximate surface area is 172 Å². The quantitative estimate of drug-likeness (QED) is 0.662. The average Bonchev–Trinajstić information content (AvgIpc) is 2.76. The molecule has 0 amide bonds. The van der Waals surface area contributed by atoms with Crippen LogP contribution in [-0.2, 0) is 10.0 Å². The normalized spacial score (nSPS) is 15.2. The Bertz CT molecular complexity index is 1140. The van der Waals surface area contributed by atoms with Gasteiger partial charge in [-0.1, -0.05) is 6.07 Å². The van der Waals surface area contributed by atoms with Crippen molar-refractivity contribution in [1.82, 2.24) is 19.3 Å². The summed E-state index contributed by atoms with van der Waals surface area (Å²) in [7, 11) is -4.13. The number of halogens is 2. The van der Waals surface area contributed by atoms with Crippen molar-refractivity contribution in [2.75, 3.05) is 36.4 Å². The lowest BCUT2D eigenvalue weighted by atomic mass is 10.3. The summed E-state index contributed by atoms with van der Waals surface area (Å²) in [6.45, 7) is 0.920. The number of sulfonamides is 1. The van der Waals surface area contributed by atoms with Gasteiger partial charge in [0.1, 0.15) is 40.3 Å². The Morgan fingerprint density at radius 2 is 1.70 bits per heavy atom. The van der Waals surface area contributed by atoms with E-state index in [4.69, 9.17) is 0 Å². The van der Waals surface area contributed by atoms with E-state index in [9.17, 15) is 17.2 Å². The lowest BCUT2D eigenvalue weighted by molar-refractivity contribution is 0.381. The van der Waals surface area contributed by atoms with Gasteiger partial charge < -0.3 is 10.2 Å². The molecule has 3 aromatic rings. The summed E-state index contributed by atoms with van der Waals surface area (Å²) in [4.78, 5) is 13.9. The molecule has 2 aromatic heterocycles. The van der Waals surface area contributed by atoms with E-state index in [2.05, 4.69) is 20.3 Å². The number of anilines is 3. The first kappa shape index (κ1) is 20.1. The van der Waals surface area contributed by atoms with E-state index >= 15 is 0 Å². The van der Waals surface area contributed by atoms with Gasteiger partial charge in [0, 0.05) is 38.4 Å². The predicted octanol–water partition coefficient (Wildman–Crippen LogP) is 2.40. The monoisotopic (exact) mass is 432 g/mol. The second-order valence-electron chi connectivity index (χ2n) is 6.57. The van der Waals surface area contributed by atoms with Crippen LogP contribution in [0.4, 0.5) is 26.2 Å². The molecule has 8 nitrogen and oxygen atoms in total. The van der Waals surface area contributed by atoms with Crippen molar-refractivity contribution in [3.63, 3.8) is 0 Å². The Morgan fingerprint density at radius 1 is 0.900 bits per heavy atom. The number of hydrogen-bond acceptors (Lipinski definition) is 7. The van der Waals surface area contributed by atoms with Crippen molar-refractivity contribution >= 4 is 27.5 Å². The number of nitrogens with zero attached hydrogens (tertiary/aromatic N) is 5. The van der Waals surface area contributed by atoms with Crippen molar-refractivity contribution in [3.05, 3.63) is 66.6 Å². The minimum atomic E-state index is -4.13. The summed E-state index contributed by atoms with van der Waals surface area (Å²) >= 11 is 0. The number of piperazine rings is 1. The molecule has 0 bridgehead atoms. The van der Waals surface area contributed by atoms with Gasteiger partial charge in [-0.25, -0.2) is 32.2 Å². The van der Waals surface area contributed by atoms with Gasteiger partial charge >= 0.3 is 0 Å². The van der Waals surface area contributed by atoms with Crippen molar-refractivity contribution in [3.8, 4) is 0 Å². The van der Waals surface area contributed by atoms with Crippen molar-refractivity contribution in [2.24, 2.45) is 0 Å². The molecule has 0 radical (unpaired) electrons. The second kappa shape index (κ2) is 8.28. The zero-order valence-electron chi connectivity index (χ0n) is 15.7. The molecular weight excluding hydrogens is 414 g/mol. The highest BCUT2D eigenvalue weighted by atomic mass is 32.2. The second-order valence-corrected chi connectivity index (χ2v) is 8.47. The molecule has 1 aliphatic rings. The molecule has 1 fully saturated rings. The molecule has 1 saturated heterocycles. The van der Waals surface area contributed by atoms with Crippen molar-refractivity contribution in [2.45, 2.75) is 4.90 Å². The van der Waals surface area contributed by atoms with E-state index in [0.29, 0.717) is 36.6 Å². The first-order chi connectivity index (χ1) is 14.4. The van der Waals surface area contributed by atoms with Crippen LogP contribution in [0.3, 0.4) is 0 Å². The van der Waals surface area contributed by atoms with Crippen LogP contribution >= 0.6 is 0 Å². The fraction of sp³-hybridized carbons (Fsp3) is 0.211. The first-order valence-electron chi connectivity index (χ1n) is 9.14. The summed E-state index contributed by atoms with van der Waals surface area (Å²) in [5.74, 6) is 0.0329. The Kier molecular flexibility index (Phi) is 5.55. The lowest BCUT2D eigenvalue weighted by Crippen LogP contribution is -2.49. The maximum atomic E-state index is 14.0. The van der Waals surface area contributed by atoms with Gasteiger partial charge in [-0.15, -0.1) is 0 Å². The van der Waals surface area contributed by atoms with Gasteiger partial charge in [0.25, 0.3) is 0 Å². The number of aromatic nitrogens is 3. The maximum Gasteiger partial charge on any atom is 0.246 e.